The van der Waals surface area contributed by atoms with E-state index in [0.717, 1.165) is 73.5 Å². The van der Waals surface area contributed by atoms with Gasteiger partial charge in [0.25, 0.3) is 5.91 Å². The lowest BCUT2D eigenvalue weighted by Gasteiger charge is -2.32. The van der Waals surface area contributed by atoms with Crippen LogP contribution in [0.2, 0.25) is 0 Å². The summed E-state index contributed by atoms with van der Waals surface area (Å²) in [6.45, 7) is 4.43. The fourth-order valence-corrected chi connectivity index (χ4v) is 5.39. The van der Waals surface area contributed by atoms with Gasteiger partial charge in [0.2, 0.25) is 0 Å². The summed E-state index contributed by atoms with van der Waals surface area (Å²) in [7, 11) is 1.83. The molecule has 0 bridgehead atoms. The molecule has 3 aromatic carbocycles. The van der Waals surface area contributed by atoms with Crippen molar-refractivity contribution in [1.82, 2.24) is 20.1 Å². The third-order valence-electron chi connectivity index (χ3n) is 7.97. The second kappa shape index (κ2) is 15.2. The fraction of sp³-hybridized carbons (Fsp3) is 0.314. The minimum Gasteiger partial charge on any atom is -0.508 e. The number of piperidine rings is 1. The van der Waals surface area contributed by atoms with Crippen molar-refractivity contribution in [2.75, 3.05) is 45.1 Å². The van der Waals surface area contributed by atoms with E-state index in [0.29, 0.717) is 18.8 Å². The minimum absolute atomic E-state index is 0.0361. The summed E-state index contributed by atoms with van der Waals surface area (Å²) < 4.78 is 5.76. The molecule has 4 aromatic rings. The number of rotatable bonds is 12. The lowest BCUT2D eigenvalue weighted by Crippen LogP contribution is -2.42. The molecule has 1 aromatic heterocycles. The number of amides is 2. The number of likely N-dealkylation sites (tertiary alicyclic amines) is 1. The zero-order valence-electron chi connectivity index (χ0n) is 25.2. The van der Waals surface area contributed by atoms with Crippen LogP contribution in [0.25, 0.3) is 11.1 Å². The highest BCUT2D eigenvalue weighted by molar-refractivity contribution is 5.92. The van der Waals surface area contributed by atoms with E-state index in [4.69, 9.17) is 4.74 Å². The monoisotopic (exact) mass is 595 g/mol. The number of hydrogen-bond donors (Lipinski definition) is 4. The largest absolute Gasteiger partial charge is 0.508 e. The third kappa shape index (κ3) is 8.72. The highest BCUT2D eigenvalue weighted by atomic mass is 16.6. The van der Waals surface area contributed by atoms with Gasteiger partial charge in [-0.3, -0.25) is 10.1 Å². The number of nitrogens with zero attached hydrogens (tertiary/aromatic N) is 2. The number of nitrogens with one attached hydrogen (secondary N) is 3. The first-order valence-corrected chi connectivity index (χ1v) is 15.2. The van der Waals surface area contributed by atoms with E-state index < -0.39 is 6.09 Å². The van der Waals surface area contributed by atoms with Crippen LogP contribution in [0.3, 0.4) is 0 Å². The summed E-state index contributed by atoms with van der Waals surface area (Å²) in [6.07, 6.45) is 1.79. The molecule has 230 valence electrons. The predicted octanol–water partition coefficient (Wildman–Crippen LogP) is 5.50. The maximum absolute atomic E-state index is 13.0. The standard InChI is InChI=1S/C35H41N5O4/c1-39(34(42)33-16-13-28(37-33)25-36-20-17-26-11-14-29(41)15-12-26)23-24-40-21-18-30(19-22-40)44-35(43)38-32-10-6-5-9-31(32)27-7-3-2-4-8-27/h2-16,30,36-37,41H,17-25H2,1H3,(H,38,43). The molecule has 5 rings (SSSR count). The SMILES string of the molecule is CN(CCN1CCC(OC(=O)Nc2ccccc2-c2ccccc2)CC1)C(=O)c1ccc(CNCCc2ccc(O)cc2)[nH]1. The molecule has 4 N–H and O–H groups in total. The van der Waals surface area contributed by atoms with Crippen molar-refractivity contribution in [3.63, 3.8) is 0 Å². The number of phenolic OH excluding ortho intramolecular Hbond substituents is 1. The number of carbonyl (C=O) groups excluding carboxylic acids is 2. The van der Waals surface area contributed by atoms with Gasteiger partial charge in [0.15, 0.2) is 0 Å². The van der Waals surface area contributed by atoms with E-state index in [-0.39, 0.29) is 17.8 Å². The number of anilines is 1. The van der Waals surface area contributed by atoms with Crippen LogP contribution in [0, 0.1) is 0 Å². The van der Waals surface area contributed by atoms with Crippen LogP contribution >= 0.6 is 0 Å². The second-order valence-corrected chi connectivity index (χ2v) is 11.2. The van der Waals surface area contributed by atoms with Crippen molar-refractivity contribution >= 4 is 17.7 Å². The number of para-hydroxylation sites is 1. The molecule has 9 nitrogen and oxygen atoms in total. The van der Waals surface area contributed by atoms with Gasteiger partial charge in [-0.2, -0.15) is 0 Å². The first-order chi connectivity index (χ1) is 21.4. The number of benzene rings is 3. The van der Waals surface area contributed by atoms with Crippen LogP contribution in [0.4, 0.5) is 10.5 Å². The van der Waals surface area contributed by atoms with Gasteiger partial charge in [-0.05, 0) is 67.3 Å². The Morgan fingerprint density at radius 2 is 1.68 bits per heavy atom. The molecule has 9 heteroatoms. The number of carbonyl (C=O) groups is 2. The van der Waals surface area contributed by atoms with E-state index in [9.17, 15) is 14.7 Å². The van der Waals surface area contributed by atoms with Gasteiger partial charge < -0.3 is 29.9 Å². The van der Waals surface area contributed by atoms with Crippen molar-refractivity contribution < 1.29 is 19.4 Å². The Bertz CT molecular complexity index is 1500. The summed E-state index contributed by atoms with van der Waals surface area (Å²) in [5.74, 6) is 0.235. The van der Waals surface area contributed by atoms with Gasteiger partial charge >= 0.3 is 6.09 Å². The maximum Gasteiger partial charge on any atom is 0.411 e. The van der Waals surface area contributed by atoms with Gasteiger partial charge in [-0.25, -0.2) is 4.79 Å². The molecule has 2 amide bonds. The molecule has 1 saturated heterocycles. The Hall–Kier alpha value is -4.60. The normalized spacial score (nSPS) is 13.8. The average molecular weight is 596 g/mol. The molecule has 0 radical (unpaired) electrons. The van der Waals surface area contributed by atoms with E-state index in [2.05, 4.69) is 20.5 Å². The van der Waals surface area contributed by atoms with E-state index >= 15 is 0 Å². The van der Waals surface area contributed by atoms with Gasteiger partial charge in [-0.1, -0.05) is 60.7 Å². The average Bonchev–Trinajstić information content (AvgIpc) is 3.53. The number of aromatic amines is 1. The molecular formula is C35H41N5O4. The van der Waals surface area contributed by atoms with Crippen molar-refractivity contribution in [1.29, 1.82) is 0 Å². The lowest BCUT2D eigenvalue weighted by molar-refractivity contribution is 0.0539. The summed E-state index contributed by atoms with van der Waals surface area (Å²) >= 11 is 0. The molecular weight excluding hydrogens is 554 g/mol. The van der Waals surface area contributed by atoms with Crippen LogP contribution in [0.15, 0.2) is 91.0 Å². The van der Waals surface area contributed by atoms with Gasteiger partial charge in [-0.15, -0.1) is 0 Å². The summed E-state index contributed by atoms with van der Waals surface area (Å²) in [5.41, 5.74) is 5.41. The van der Waals surface area contributed by atoms with Crippen LogP contribution in [0.5, 0.6) is 5.75 Å². The van der Waals surface area contributed by atoms with Gasteiger partial charge in [0, 0.05) is 51.0 Å². The Labute approximate surface area is 258 Å². The van der Waals surface area contributed by atoms with E-state index in [1.54, 1.807) is 17.0 Å². The number of phenols is 1. The van der Waals surface area contributed by atoms with E-state index in [1.165, 1.54) is 0 Å². The molecule has 44 heavy (non-hydrogen) atoms. The first-order valence-electron chi connectivity index (χ1n) is 15.2. The molecule has 2 heterocycles. The van der Waals surface area contributed by atoms with Crippen LogP contribution < -0.4 is 10.6 Å². The topological polar surface area (TPSA) is 110 Å². The Morgan fingerprint density at radius 3 is 2.45 bits per heavy atom. The second-order valence-electron chi connectivity index (χ2n) is 11.2. The molecule has 0 aliphatic carbocycles. The summed E-state index contributed by atoms with van der Waals surface area (Å²) in [5, 5.41) is 15.7. The van der Waals surface area contributed by atoms with Gasteiger partial charge in [0.1, 0.15) is 17.5 Å². The lowest BCUT2D eigenvalue weighted by atomic mass is 10.0. The molecule has 1 aliphatic rings. The highest BCUT2D eigenvalue weighted by Crippen LogP contribution is 2.28. The number of H-pyrrole nitrogens is 1. The Balaban J connectivity index is 0.992. The first kappa shape index (κ1) is 30.8. The minimum atomic E-state index is -0.435. The number of likely N-dealkylation sites (N-methyl/N-ethyl adjacent to an activating group) is 1. The molecule has 1 fully saturated rings. The van der Waals surface area contributed by atoms with Crippen LogP contribution in [-0.4, -0.2) is 77.8 Å². The van der Waals surface area contributed by atoms with Crippen molar-refractivity contribution in [2.24, 2.45) is 0 Å². The Kier molecular flexibility index (Phi) is 10.7. The number of ether oxygens (including phenoxy) is 1. The summed E-state index contributed by atoms with van der Waals surface area (Å²) in [6, 6.07) is 28.7. The maximum atomic E-state index is 13.0. The number of hydrogen-bond acceptors (Lipinski definition) is 6. The number of aromatic nitrogens is 1. The molecule has 0 saturated carbocycles. The van der Waals surface area contributed by atoms with E-state index in [1.807, 2.05) is 85.9 Å². The van der Waals surface area contributed by atoms with Crippen molar-refractivity contribution in [3.8, 4) is 16.9 Å². The van der Waals surface area contributed by atoms with Crippen molar-refractivity contribution in [2.45, 2.75) is 31.9 Å². The summed E-state index contributed by atoms with van der Waals surface area (Å²) in [4.78, 5) is 33.0. The fourth-order valence-electron chi connectivity index (χ4n) is 5.39. The zero-order valence-corrected chi connectivity index (χ0v) is 25.2. The molecule has 1 aliphatic heterocycles. The smallest absolute Gasteiger partial charge is 0.411 e. The number of aromatic hydroxyl groups is 1. The third-order valence-corrected chi connectivity index (χ3v) is 7.97. The van der Waals surface area contributed by atoms with Crippen molar-refractivity contribution in [3.05, 3.63) is 108 Å². The Morgan fingerprint density at radius 1 is 0.955 bits per heavy atom. The quantitative estimate of drug-likeness (QED) is 0.161. The van der Waals surface area contributed by atoms with Gasteiger partial charge in [0.05, 0.1) is 5.69 Å². The zero-order chi connectivity index (χ0) is 30.7. The molecule has 0 unspecified atom stereocenters. The van der Waals surface area contributed by atoms with Crippen LogP contribution in [0.1, 0.15) is 34.6 Å². The van der Waals surface area contributed by atoms with Crippen LogP contribution in [-0.2, 0) is 17.7 Å². The molecule has 0 spiro atoms. The predicted molar refractivity (Wildman–Crippen MR) is 173 cm³/mol. The highest BCUT2D eigenvalue weighted by Gasteiger charge is 2.23. The molecule has 0 atom stereocenters.